The molecule has 3 unspecified atom stereocenters. The van der Waals surface area contributed by atoms with E-state index in [2.05, 4.69) is 35.8 Å². The number of thiazole rings is 1. The van der Waals surface area contributed by atoms with E-state index in [0.29, 0.717) is 11.2 Å². The standard InChI is InChI=1S/C20H29N3OS2/c1-12-6-5-7-16-15(10-12)23(4)20(26-16)18-14-8-9-22(3)11-17(14)25-19(18)21-13(2)24/h12,14,17H,5-11H2,1-4H3/p+1. The van der Waals surface area contributed by atoms with Crippen molar-refractivity contribution in [1.82, 2.24) is 10.2 Å². The summed E-state index contributed by atoms with van der Waals surface area (Å²) in [5.74, 6) is 1.37. The van der Waals surface area contributed by atoms with Crippen LogP contribution in [0.3, 0.4) is 0 Å². The molecule has 0 aromatic carbocycles. The lowest BCUT2D eigenvalue weighted by molar-refractivity contribution is -0.677. The van der Waals surface area contributed by atoms with Gasteiger partial charge in [-0.1, -0.05) is 18.3 Å². The van der Waals surface area contributed by atoms with Gasteiger partial charge in [-0.3, -0.25) is 4.79 Å². The van der Waals surface area contributed by atoms with Gasteiger partial charge >= 0.3 is 0 Å². The Labute approximate surface area is 165 Å². The van der Waals surface area contributed by atoms with Gasteiger partial charge in [0.15, 0.2) is 5.69 Å². The van der Waals surface area contributed by atoms with Crippen molar-refractivity contribution in [3.8, 4) is 0 Å². The number of piperidine rings is 1. The zero-order valence-electron chi connectivity index (χ0n) is 16.3. The van der Waals surface area contributed by atoms with E-state index < -0.39 is 0 Å². The normalized spacial score (nSPS) is 29.3. The summed E-state index contributed by atoms with van der Waals surface area (Å²) < 4.78 is 2.46. The predicted octanol–water partition coefficient (Wildman–Crippen LogP) is 2.96. The molecule has 1 fully saturated rings. The molecule has 0 saturated carbocycles. The molecule has 142 valence electrons. The molecule has 0 spiro atoms. The Bertz CT molecular complexity index is 754. The summed E-state index contributed by atoms with van der Waals surface area (Å²) in [6, 6.07) is 0. The highest BCUT2D eigenvalue weighted by atomic mass is 32.2. The molecule has 1 aromatic heterocycles. The first-order valence-electron chi connectivity index (χ1n) is 9.82. The number of thioether (sulfide) groups is 1. The fraction of sp³-hybridized carbons (Fsp3) is 0.700. The van der Waals surface area contributed by atoms with Crippen molar-refractivity contribution in [1.29, 1.82) is 0 Å². The Kier molecular flexibility index (Phi) is 5.19. The number of allylic oxidation sites excluding steroid dienone is 1. The molecule has 6 heteroatoms. The van der Waals surface area contributed by atoms with E-state index in [1.165, 1.54) is 48.4 Å². The molecule has 2 aliphatic heterocycles. The van der Waals surface area contributed by atoms with Gasteiger partial charge in [0.2, 0.25) is 5.91 Å². The summed E-state index contributed by atoms with van der Waals surface area (Å²) in [6.07, 6.45) is 6.23. The predicted molar refractivity (Wildman–Crippen MR) is 109 cm³/mol. The van der Waals surface area contributed by atoms with Gasteiger partial charge in [0.05, 0.1) is 15.5 Å². The average molecular weight is 393 g/mol. The number of rotatable bonds is 2. The van der Waals surface area contributed by atoms with E-state index in [4.69, 9.17) is 0 Å². The first-order valence-corrected chi connectivity index (χ1v) is 11.5. The molecule has 4 rings (SSSR count). The molecule has 26 heavy (non-hydrogen) atoms. The highest BCUT2D eigenvalue weighted by Gasteiger charge is 2.44. The van der Waals surface area contributed by atoms with Crippen LogP contribution in [0.1, 0.15) is 48.7 Å². The number of carbonyl (C=O) groups excluding carboxylic acids is 1. The highest BCUT2D eigenvalue weighted by Crippen LogP contribution is 2.50. The third-order valence-corrected chi connectivity index (χ3v) is 8.77. The second-order valence-corrected chi connectivity index (χ2v) is 10.6. The Hall–Kier alpha value is -0.850. The first-order chi connectivity index (χ1) is 12.4. The minimum absolute atomic E-state index is 0.0476. The summed E-state index contributed by atoms with van der Waals surface area (Å²) in [6.45, 7) is 6.26. The number of hydrogen-bond acceptors (Lipinski definition) is 4. The largest absolute Gasteiger partial charge is 0.320 e. The van der Waals surface area contributed by atoms with E-state index in [1.807, 2.05) is 23.1 Å². The first kappa shape index (κ1) is 18.5. The van der Waals surface area contributed by atoms with E-state index in [-0.39, 0.29) is 5.91 Å². The summed E-state index contributed by atoms with van der Waals surface area (Å²) in [4.78, 5) is 15.8. The maximum atomic E-state index is 11.8. The maximum Gasteiger partial charge on any atom is 0.268 e. The molecular weight excluding hydrogens is 362 g/mol. The van der Waals surface area contributed by atoms with Gasteiger partial charge in [0.25, 0.3) is 5.01 Å². The summed E-state index contributed by atoms with van der Waals surface area (Å²) in [5, 5.41) is 6.23. The molecule has 3 heterocycles. The summed E-state index contributed by atoms with van der Waals surface area (Å²) in [5.41, 5.74) is 2.95. The van der Waals surface area contributed by atoms with Crippen LogP contribution in [0.15, 0.2) is 5.03 Å². The second-order valence-electron chi connectivity index (χ2n) is 8.28. The molecule has 1 N–H and O–H groups in total. The van der Waals surface area contributed by atoms with Gasteiger partial charge in [-0.05, 0) is 45.2 Å². The molecule has 0 radical (unpaired) electrons. The Morgan fingerprint density at radius 1 is 1.35 bits per heavy atom. The van der Waals surface area contributed by atoms with Crippen LogP contribution in [-0.2, 0) is 24.7 Å². The number of carbonyl (C=O) groups is 1. The van der Waals surface area contributed by atoms with Gasteiger partial charge in [0.1, 0.15) is 7.05 Å². The number of aromatic nitrogens is 1. The lowest BCUT2D eigenvalue weighted by atomic mass is 9.89. The number of aryl methyl sites for hydroxylation is 1. The van der Waals surface area contributed by atoms with Crippen LogP contribution in [0.5, 0.6) is 0 Å². The molecule has 0 bridgehead atoms. The van der Waals surface area contributed by atoms with Crippen molar-refractivity contribution in [2.24, 2.45) is 18.9 Å². The Balaban J connectivity index is 1.76. The van der Waals surface area contributed by atoms with Gasteiger partial charge in [0, 0.05) is 31.1 Å². The van der Waals surface area contributed by atoms with E-state index in [0.717, 1.165) is 24.0 Å². The lowest BCUT2D eigenvalue weighted by Gasteiger charge is -2.32. The fourth-order valence-electron chi connectivity index (χ4n) is 4.69. The van der Waals surface area contributed by atoms with Gasteiger partial charge in [-0.2, -0.15) is 4.57 Å². The summed E-state index contributed by atoms with van der Waals surface area (Å²) >= 11 is 3.88. The van der Waals surface area contributed by atoms with Gasteiger partial charge in [-0.25, -0.2) is 0 Å². The van der Waals surface area contributed by atoms with Crippen molar-refractivity contribution in [3.05, 3.63) is 20.6 Å². The number of amides is 1. The molecule has 3 atom stereocenters. The van der Waals surface area contributed by atoms with Crippen molar-refractivity contribution < 1.29 is 9.36 Å². The molecule has 1 aromatic rings. The van der Waals surface area contributed by atoms with Crippen LogP contribution in [0.2, 0.25) is 0 Å². The molecular formula is C20H30N3OS2+. The van der Waals surface area contributed by atoms with Crippen molar-refractivity contribution in [2.45, 2.75) is 51.2 Å². The molecule has 1 aliphatic carbocycles. The van der Waals surface area contributed by atoms with Crippen molar-refractivity contribution in [2.75, 3.05) is 20.1 Å². The van der Waals surface area contributed by atoms with Crippen molar-refractivity contribution >= 4 is 34.6 Å². The van der Waals surface area contributed by atoms with Crippen LogP contribution >= 0.6 is 23.1 Å². The summed E-state index contributed by atoms with van der Waals surface area (Å²) in [7, 11) is 4.45. The quantitative estimate of drug-likeness (QED) is 0.621. The number of hydrogen-bond donors (Lipinski definition) is 1. The second kappa shape index (κ2) is 7.28. The third-order valence-electron chi connectivity index (χ3n) is 6.06. The van der Waals surface area contributed by atoms with Crippen molar-refractivity contribution in [3.63, 3.8) is 0 Å². The van der Waals surface area contributed by atoms with Gasteiger partial charge in [-0.15, -0.1) is 11.8 Å². The minimum Gasteiger partial charge on any atom is -0.320 e. The third kappa shape index (κ3) is 3.36. The zero-order valence-corrected chi connectivity index (χ0v) is 17.9. The zero-order chi connectivity index (χ0) is 18.4. The SMILES string of the molecule is CC(=O)NC1=C(c2sc3c([n+]2C)CC(C)CCC3)C2CCN(C)CC2S1. The van der Waals surface area contributed by atoms with Crippen LogP contribution in [-0.4, -0.2) is 36.2 Å². The highest BCUT2D eigenvalue weighted by molar-refractivity contribution is 8.04. The molecule has 3 aliphatic rings. The Morgan fingerprint density at radius 3 is 2.92 bits per heavy atom. The molecule has 4 nitrogen and oxygen atoms in total. The molecule has 1 amide bonds. The number of fused-ring (bicyclic) bond motifs is 2. The molecule has 1 saturated heterocycles. The number of nitrogens with one attached hydrogen (secondary N) is 1. The average Bonchev–Trinajstić information content (AvgIpc) is 2.97. The van der Waals surface area contributed by atoms with E-state index in [1.54, 1.807) is 11.8 Å². The minimum atomic E-state index is 0.0476. The van der Waals surface area contributed by atoms with Crippen LogP contribution < -0.4 is 9.88 Å². The van der Waals surface area contributed by atoms with E-state index >= 15 is 0 Å². The number of likely N-dealkylation sites (tertiary alicyclic amines) is 1. The van der Waals surface area contributed by atoms with Crippen LogP contribution in [0.4, 0.5) is 0 Å². The topological polar surface area (TPSA) is 36.2 Å². The monoisotopic (exact) mass is 392 g/mol. The van der Waals surface area contributed by atoms with Gasteiger partial charge < -0.3 is 10.2 Å². The smallest absolute Gasteiger partial charge is 0.268 e. The fourth-order valence-corrected chi connectivity index (χ4v) is 7.83. The van der Waals surface area contributed by atoms with Crippen LogP contribution in [0.25, 0.3) is 5.57 Å². The lowest BCUT2D eigenvalue weighted by Crippen LogP contribution is -2.41. The van der Waals surface area contributed by atoms with Crippen LogP contribution in [0, 0.1) is 11.8 Å². The maximum absolute atomic E-state index is 11.8. The Morgan fingerprint density at radius 2 is 2.15 bits per heavy atom. The number of nitrogens with zero attached hydrogens (tertiary/aromatic N) is 2. The van der Waals surface area contributed by atoms with E-state index in [9.17, 15) is 4.79 Å².